The molecule has 1 aliphatic rings. The Morgan fingerprint density at radius 3 is 2.48 bits per heavy atom. The van der Waals surface area contributed by atoms with Crippen LogP contribution in [-0.2, 0) is 4.74 Å². The Morgan fingerprint density at radius 1 is 1.16 bits per heavy atom. The zero-order valence-corrected chi connectivity index (χ0v) is 18.5. The lowest BCUT2D eigenvalue weighted by Crippen LogP contribution is -2.26. The lowest BCUT2D eigenvalue weighted by molar-refractivity contribution is 0.173. The summed E-state index contributed by atoms with van der Waals surface area (Å²) in [6, 6.07) is 0. The number of unbranched alkanes of at least 4 members (excludes halogenated alkanes) is 5. The van der Waals surface area contributed by atoms with Crippen LogP contribution in [0, 0.1) is 23.7 Å². The minimum Gasteiger partial charge on any atom is -0.496 e. The Bertz CT molecular complexity index is 410. The Balaban J connectivity index is 2.75. The van der Waals surface area contributed by atoms with E-state index >= 15 is 0 Å². The molecule has 0 aromatic heterocycles. The predicted molar refractivity (Wildman–Crippen MR) is 115 cm³/mol. The van der Waals surface area contributed by atoms with Gasteiger partial charge in [-0.05, 0) is 61.7 Å². The first-order valence-electron chi connectivity index (χ1n) is 10.5. The summed E-state index contributed by atoms with van der Waals surface area (Å²) in [5.41, 5.74) is 0. The second kappa shape index (κ2) is 12.9. The summed E-state index contributed by atoms with van der Waals surface area (Å²) < 4.78 is 5.84. The molecule has 1 saturated carbocycles. The zero-order valence-electron chi connectivity index (χ0n) is 17.6. The third-order valence-electron chi connectivity index (χ3n) is 5.76. The number of hydrogen-bond donors (Lipinski definition) is 0. The van der Waals surface area contributed by atoms with Gasteiger partial charge in [0.25, 0.3) is 0 Å². The summed E-state index contributed by atoms with van der Waals surface area (Å²) in [6.07, 6.45) is 19.0. The molecule has 0 N–H and O–H groups in total. The van der Waals surface area contributed by atoms with Gasteiger partial charge in [0.05, 0.1) is 7.11 Å². The molecule has 0 saturated heterocycles. The molecule has 0 unspecified atom stereocenters. The van der Waals surface area contributed by atoms with E-state index in [0.717, 1.165) is 23.5 Å². The SMILES string of the molecule is CCCCCCC/C=C(SC)/C(=C/[C@@H]1C[C@H](C)CC[C@H]1C(C)C)OC. The molecule has 1 aliphatic carbocycles. The summed E-state index contributed by atoms with van der Waals surface area (Å²) >= 11 is 1.84. The third-order valence-corrected chi connectivity index (χ3v) is 6.57. The first-order valence-corrected chi connectivity index (χ1v) is 11.8. The number of hydrogen-bond acceptors (Lipinski definition) is 2. The van der Waals surface area contributed by atoms with E-state index in [1.165, 1.54) is 62.7 Å². The fourth-order valence-corrected chi connectivity index (χ4v) is 4.82. The highest BCUT2D eigenvalue weighted by molar-refractivity contribution is 8.02. The Labute approximate surface area is 162 Å². The number of thioether (sulfide) groups is 1. The van der Waals surface area contributed by atoms with Crippen molar-refractivity contribution >= 4 is 11.8 Å². The van der Waals surface area contributed by atoms with Crippen LogP contribution in [0.5, 0.6) is 0 Å². The minimum absolute atomic E-state index is 0.666. The molecular formula is C23H42OS. The molecule has 3 atom stereocenters. The van der Waals surface area contributed by atoms with E-state index in [1.807, 2.05) is 18.9 Å². The van der Waals surface area contributed by atoms with E-state index in [9.17, 15) is 0 Å². The quantitative estimate of drug-likeness (QED) is 0.209. The maximum atomic E-state index is 5.84. The summed E-state index contributed by atoms with van der Waals surface area (Å²) in [4.78, 5) is 1.33. The van der Waals surface area contributed by atoms with Gasteiger partial charge in [-0.2, -0.15) is 0 Å². The lowest BCUT2D eigenvalue weighted by Gasteiger charge is -2.36. The molecule has 0 aromatic rings. The highest BCUT2D eigenvalue weighted by Gasteiger charge is 2.30. The van der Waals surface area contributed by atoms with Crippen LogP contribution in [-0.4, -0.2) is 13.4 Å². The first kappa shape index (κ1) is 22.7. The number of rotatable bonds is 11. The second-order valence-electron chi connectivity index (χ2n) is 8.20. The Hall–Kier alpha value is -0.370. The smallest absolute Gasteiger partial charge is 0.128 e. The molecule has 0 aromatic carbocycles. The van der Waals surface area contributed by atoms with Gasteiger partial charge in [-0.3, -0.25) is 0 Å². The van der Waals surface area contributed by atoms with Crippen LogP contribution in [0.25, 0.3) is 0 Å². The normalized spacial score (nSPS) is 25.5. The van der Waals surface area contributed by atoms with Gasteiger partial charge in [-0.25, -0.2) is 0 Å². The van der Waals surface area contributed by atoms with E-state index in [0.29, 0.717) is 5.92 Å². The molecule has 0 bridgehead atoms. The van der Waals surface area contributed by atoms with Crippen LogP contribution >= 0.6 is 11.8 Å². The lowest BCUT2D eigenvalue weighted by atomic mass is 9.70. The largest absolute Gasteiger partial charge is 0.496 e. The number of methoxy groups -OCH3 is 1. The molecule has 2 heteroatoms. The molecule has 1 fully saturated rings. The minimum atomic E-state index is 0.666. The highest BCUT2D eigenvalue weighted by Crippen LogP contribution is 2.40. The van der Waals surface area contributed by atoms with Gasteiger partial charge < -0.3 is 4.74 Å². The van der Waals surface area contributed by atoms with Gasteiger partial charge in [0.2, 0.25) is 0 Å². The summed E-state index contributed by atoms with van der Waals surface area (Å²) in [7, 11) is 1.84. The molecular weight excluding hydrogens is 324 g/mol. The topological polar surface area (TPSA) is 9.23 Å². The van der Waals surface area contributed by atoms with Crippen molar-refractivity contribution in [3.63, 3.8) is 0 Å². The summed E-state index contributed by atoms with van der Waals surface area (Å²) in [5, 5.41) is 0. The van der Waals surface area contributed by atoms with Gasteiger partial charge in [-0.15, -0.1) is 11.8 Å². The van der Waals surface area contributed by atoms with Crippen molar-refractivity contribution in [2.24, 2.45) is 23.7 Å². The molecule has 0 amide bonds. The fraction of sp³-hybridized carbons (Fsp3) is 0.826. The number of ether oxygens (including phenoxy) is 1. The highest BCUT2D eigenvalue weighted by atomic mass is 32.2. The third kappa shape index (κ3) is 8.24. The van der Waals surface area contributed by atoms with Crippen molar-refractivity contribution in [2.75, 3.05) is 13.4 Å². The molecule has 0 radical (unpaired) electrons. The average Bonchev–Trinajstić information content (AvgIpc) is 2.59. The fourth-order valence-electron chi connectivity index (χ4n) is 4.18. The van der Waals surface area contributed by atoms with E-state index in [-0.39, 0.29) is 0 Å². The Kier molecular flexibility index (Phi) is 11.7. The van der Waals surface area contributed by atoms with E-state index in [1.54, 1.807) is 0 Å². The van der Waals surface area contributed by atoms with Crippen LogP contribution in [0.1, 0.15) is 85.5 Å². The maximum absolute atomic E-state index is 5.84. The molecule has 0 heterocycles. The molecule has 146 valence electrons. The van der Waals surface area contributed by atoms with Gasteiger partial charge >= 0.3 is 0 Å². The van der Waals surface area contributed by atoms with Gasteiger partial charge in [0.1, 0.15) is 5.76 Å². The molecule has 25 heavy (non-hydrogen) atoms. The molecule has 1 rings (SSSR count). The zero-order chi connectivity index (χ0) is 18.7. The van der Waals surface area contributed by atoms with Crippen molar-refractivity contribution in [2.45, 2.75) is 85.5 Å². The number of allylic oxidation sites excluding steroid dienone is 2. The predicted octanol–water partition coefficient (Wildman–Crippen LogP) is 7.83. The monoisotopic (exact) mass is 366 g/mol. The van der Waals surface area contributed by atoms with Crippen LogP contribution in [0.4, 0.5) is 0 Å². The second-order valence-corrected chi connectivity index (χ2v) is 9.05. The van der Waals surface area contributed by atoms with Crippen molar-refractivity contribution < 1.29 is 4.74 Å². The van der Waals surface area contributed by atoms with Gasteiger partial charge in [0.15, 0.2) is 0 Å². The van der Waals surface area contributed by atoms with E-state index < -0.39 is 0 Å². The van der Waals surface area contributed by atoms with Crippen molar-refractivity contribution in [3.8, 4) is 0 Å². The Morgan fingerprint density at radius 2 is 1.88 bits per heavy atom. The van der Waals surface area contributed by atoms with Gasteiger partial charge in [-0.1, -0.05) is 65.9 Å². The van der Waals surface area contributed by atoms with Gasteiger partial charge in [0, 0.05) is 4.91 Å². The van der Waals surface area contributed by atoms with Crippen molar-refractivity contribution in [1.29, 1.82) is 0 Å². The van der Waals surface area contributed by atoms with E-state index in [2.05, 4.69) is 46.1 Å². The van der Waals surface area contributed by atoms with Crippen LogP contribution < -0.4 is 0 Å². The van der Waals surface area contributed by atoms with Crippen molar-refractivity contribution in [3.05, 3.63) is 22.8 Å². The molecule has 1 nitrogen and oxygen atoms in total. The van der Waals surface area contributed by atoms with Crippen LogP contribution in [0.2, 0.25) is 0 Å². The van der Waals surface area contributed by atoms with Crippen LogP contribution in [0.3, 0.4) is 0 Å². The summed E-state index contributed by atoms with van der Waals surface area (Å²) in [6.45, 7) is 9.45. The summed E-state index contributed by atoms with van der Waals surface area (Å²) in [5.74, 6) is 4.19. The standard InChI is InChI=1S/C23H42OS/c1-7-8-9-10-11-12-13-23(25-6)22(24-5)17-20-16-19(4)14-15-21(20)18(2)3/h13,17-21H,7-12,14-16H2,1-6H3/b22-17-,23-13-/t19-,20+,21+/m1/s1. The first-order chi connectivity index (χ1) is 12.0. The van der Waals surface area contributed by atoms with Crippen molar-refractivity contribution in [1.82, 2.24) is 0 Å². The molecule has 0 aliphatic heterocycles. The maximum Gasteiger partial charge on any atom is 0.128 e. The van der Waals surface area contributed by atoms with E-state index in [4.69, 9.17) is 4.74 Å². The average molecular weight is 367 g/mol. The van der Waals surface area contributed by atoms with Crippen LogP contribution in [0.15, 0.2) is 22.8 Å². The molecule has 0 spiro atoms.